The van der Waals surface area contributed by atoms with E-state index in [1.54, 1.807) is 31.7 Å². The number of nitrogens with zero attached hydrogens (tertiary/aromatic N) is 8. The average Bonchev–Trinajstić information content (AvgIpc) is 1.63. The summed E-state index contributed by atoms with van der Waals surface area (Å²) in [4.78, 5) is 62.1. The van der Waals surface area contributed by atoms with Crippen molar-refractivity contribution >= 4 is 156 Å². The number of aliphatic hydroxyl groups excluding tert-OH is 7. The summed E-state index contributed by atoms with van der Waals surface area (Å²) < 4.78 is 130. The molecule has 5 fully saturated rings. The van der Waals surface area contributed by atoms with Gasteiger partial charge < -0.3 is 132 Å². The van der Waals surface area contributed by atoms with Crippen molar-refractivity contribution in [1.29, 1.82) is 0 Å². The molecule has 0 radical (unpaired) electrons. The first-order valence-corrected chi connectivity index (χ1v) is 48.0. The number of quaternary nitrogens is 2. The second kappa shape index (κ2) is 56.6. The van der Waals surface area contributed by atoms with E-state index in [1.807, 2.05) is 49.2 Å². The molecule has 8 heterocycles. The summed E-state index contributed by atoms with van der Waals surface area (Å²) in [6.07, 6.45) is 8.41. The van der Waals surface area contributed by atoms with E-state index in [0.717, 1.165) is 0 Å². The minimum Gasteiger partial charge on any atom is -1.00 e. The number of imidazole rings is 3. The zero-order valence-corrected chi connectivity index (χ0v) is 73.9. The van der Waals surface area contributed by atoms with Crippen molar-refractivity contribution in [1.82, 2.24) is 39.3 Å². The van der Waals surface area contributed by atoms with Gasteiger partial charge in [-0.05, 0) is 25.7 Å². The molecule has 3 aromatic rings. The Morgan fingerprint density at radius 1 is 0.615 bits per heavy atom. The van der Waals surface area contributed by atoms with Crippen molar-refractivity contribution in [2.75, 3.05) is 147 Å². The van der Waals surface area contributed by atoms with Crippen LogP contribution in [0.3, 0.4) is 0 Å². The first-order chi connectivity index (χ1) is 49.9. The summed E-state index contributed by atoms with van der Waals surface area (Å²) in [5.74, 6) is -0.600. The van der Waals surface area contributed by atoms with E-state index in [-0.39, 0.29) is 126 Å². The Bertz CT molecular complexity index is 3260. The lowest BCUT2D eigenvalue weighted by atomic mass is 9.89. The Labute approximate surface area is 683 Å². The minimum absolute atomic E-state index is 0. The fraction of sp³-hybridized carbons (Fsp3) is 0.769. The van der Waals surface area contributed by atoms with Crippen LogP contribution < -0.4 is 35.4 Å². The van der Waals surface area contributed by atoms with Crippen molar-refractivity contribution in [3.8, 4) is 0 Å². The van der Waals surface area contributed by atoms with Gasteiger partial charge in [0.15, 0.2) is 42.6 Å². The Kier molecular flexibility index (Phi) is 57.3. The van der Waals surface area contributed by atoms with Crippen molar-refractivity contribution in [3.63, 3.8) is 0 Å². The summed E-state index contributed by atoms with van der Waals surface area (Å²) >= 11 is 24.9. The van der Waals surface area contributed by atoms with Gasteiger partial charge in [-0.2, -0.15) is 0 Å². The molecule has 8 rings (SSSR count). The molecule has 0 amide bonds. The van der Waals surface area contributed by atoms with Crippen LogP contribution in [0.1, 0.15) is 39.5 Å². The molecule has 5 saturated heterocycles. The highest BCUT2D eigenvalue weighted by Gasteiger charge is 2.46. The maximum atomic E-state index is 11.9. The molecular formula is C52H100Cl2N10O31P4S10. The molecule has 5 aliphatic heterocycles. The Morgan fingerprint density at radius 2 is 0.963 bits per heavy atom. The molecule has 0 aromatic carbocycles. The van der Waals surface area contributed by atoms with Crippen molar-refractivity contribution in [2.24, 2.45) is 11.8 Å². The van der Waals surface area contributed by atoms with Gasteiger partial charge in [-0.25, -0.2) is 57.7 Å². The van der Waals surface area contributed by atoms with E-state index >= 15 is 0 Å². The van der Waals surface area contributed by atoms with Gasteiger partial charge in [0.25, 0.3) is 0 Å². The predicted octanol–water partition coefficient (Wildman–Crippen LogP) is -5.47. The minimum atomic E-state index is -3.84. The zero-order chi connectivity index (χ0) is 81.5. The van der Waals surface area contributed by atoms with Crippen LogP contribution in [0.4, 0.5) is 14.4 Å². The van der Waals surface area contributed by atoms with Gasteiger partial charge in [0, 0.05) is 157 Å². The van der Waals surface area contributed by atoms with Gasteiger partial charge in [0.05, 0.1) is 117 Å². The summed E-state index contributed by atoms with van der Waals surface area (Å²) in [6, 6.07) is -1.19. The largest absolute Gasteiger partial charge is 1.00 e. The van der Waals surface area contributed by atoms with E-state index < -0.39 is 144 Å². The Morgan fingerprint density at radius 3 is 1.28 bits per heavy atom. The van der Waals surface area contributed by atoms with Crippen molar-refractivity contribution < 1.29 is 178 Å². The van der Waals surface area contributed by atoms with Crippen LogP contribution in [-0.2, 0) is 182 Å². The zero-order valence-electron chi connectivity index (χ0n) is 60.6. The van der Waals surface area contributed by atoms with Crippen LogP contribution in [0.2, 0.25) is 0 Å². The van der Waals surface area contributed by atoms with Crippen LogP contribution in [0.25, 0.3) is 0 Å². The van der Waals surface area contributed by atoms with Crippen LogP contribution >= 0.6 is 30.4 Å². The molecule has 41 nitrogen and oxygen atoms in total. The van der Waals surface area contributed by atoms with E-state index in [1.165, 1.54) is 59.3 Å². The molecule has 12 unspecified atom stereocenters. The maximum absolute atomic E-state index is 11.9. The fourth-order valence-corrected chi connectivity index (χ4v) is 22.5. The fourth-order valence-electron chi connectivity index (χ4n) is 9.03. The van der Waals surface area contributed by atoms with E-state index in [0.29, 0.717) is 41.4 Å². The van der Waals surface area contributed by atoms with Gasteiger partial charge in [-0.1, -0.05) is 13.8 Å². The van der Waals surface area contributed by atoms with Crippen LogP contribution in [-0.4, -0.2) is 319 Å². The third-order valence-electron chi connectivity index (χ3n) is 13.9. The summed E-state index contributed by atoms with van der Waals surface area (Å²) in [6.45, 7) is 5.00. The molecule has 638 valence electrons. The molecule has 12 atom stereocenters. The van der Waals surface area contributed by atoms with Gasteiger partial charge in [-0.3, -0.25) is 27.4 Å². The molecule has 109 heavy (non-hydrogen) atoms. The van der Waals surface area contributed by atoms with E-state index in [9.17, 15) is 58.2 Å². The first kappa shape index (κ1) is 110. The lowest BCUT2D eigenvalue weighted by Crippen LogP contribution is -3.00. The molecule has 57 heteroatoms. The smallest absolute Gasteiger partial charge is 0.508 e. The molecule has 0 saturated carbocycles. The van der Waals surface area contributed by atoms with Gasteiger partial charge in [0.1, 0.15) is 67.0 Å². The molecule has 5 aliphatic rings. The first-order valence-electron chi connectivity index (χ1n) is 31.6. The summed E-state index contributed by atoms with van der Waals surface area (Å²) in [5.41, 5.74) is 0. The second-order valence-corrected chi connectivity index (χ2v) is 40.2. The van der Waals surface area contributed by atoms with Crippen molar-refractivity contribution in [3.05, 3.63) is 56.2 Å². The molecule has 0 spiro atoms. The highest BCUT2D eigenvalue weighted by atomic mass is 35.5. The SMILES string of the molecule is COC1OC(CO)C(C)C(O)C1NCC(O)C[N+](C)(C)C.COC1OC(COC(=O)OCCCP2(=O)OS(=S)O2)C(C)C(O)C1NCC(O)C[N+](C)(C)C.O=C(OCCCP1(=O)OS(=S)O1)n1ccnc1.O=C(n1ccnc1)n1ccnc1.O=P(O)(O)CCCO.O=P1(CCCO)OS(=S)O1.OS(O)=S.S=S.[Cl-].[Cl-]. The average molecular weight is 1880 g/mol. The number of ether oxygens (including phenoxy) is 7. The molecule has 0 aliphatic carbocycles. The quantitative estimate of drug-likeness (QED) is 0.0133. The second-order valence-electron chi connectivity index (χ2n) is 24.8. The monoisotopic (exact) mass is 1870 g/mol. The normalized spacial score (nSPS) is 27.8. The van der Waals surface area contributed by atoms with Gasteiger partial charge in [0.2, 0.25) is 0 Å². The predicted molar refractivity (Wildman–Crippen MR) is 409 cm³/mol. The van der Waals surface area contributed by atoms with Crippen LogP contribution in [0.5, 0.6) is 0 Å². The summed E-state index contributed by atoms with van der Waals surface area (Å²) in [5, 5.41) is 73.4. The topological polar surface area (TPSA) is 540 Å². The van der Waals surface area contributed by atoms with E-state index in [4.69, 9.17) is 86.1 Å². The number of carbonyl (C=O) groups excluding carboxylic acids is 3. The molecule has 13 N–H and O–H groups in total. The third-order valence-corrected chi connectivity index (χ3v) is 29.1. The number of carbonyl (C=O) groups is 3. The Hall–Kier alpha value is -0.740. The number of halogens is 2. The number of rotatable bonds is 29. The lowest BCUT2D eigenvalue weighted by Gasteiger charge is -2.43. The molecule has 3 aromatic heterocycles. The number of methoxy groups -OCH3 is 2. The maximum Gasteiger partial charge on any atom is 0.508 e. The Balaban J connectivity index is 0. The number of hydrogen-bond acceptors (Lipinski definition) is 38. The van der Waals surface area contributed by atoms with Gasteiger partial charge >= 0.3 is 48.7 Å². The van der Waals surface area contributed by atoms with E-state index in [2.05, 4.69) is 92.7 Å². The molecule has 0 bridgehead atoms. The third kappa shape index (κ3) is 46.9. The highest BCUT2D eigenvalue weighted by Crippen LogP contribution is 2.60. The number of hydrogen-bond donors (Lipinski definition) is 13. The number of aliphatic hydroxyl groups is 7. The van der Waals surface area contributed by atoms with Crippen LogP contribution in [0, 0.1) is 11.8 Å². The molecular weight excluding hydrogens is 1780 g/mol. The standard InChI is InChI=1S/C18H36N2O10PS2.C14H31N2O5.C7H6N4O.C7H9N2O5PS2.C3H7O4PS2.C3H9O4P.2ClH.H2O2S2.S2/c1-12-14(11-27-18(23)26-7-6-8-31(24)29-33(32)30-31)28-17(25-5)15(16(12)22)19-9-13(21)10-20(2,3)4;1-9-11(8-17)21-14(20-5)12(13(9)19)15-6-10(18)7-16(2,3)4;12-7(10-3-1-8-5-10)11-4-2-9-6-11;10-7(9-3-2-8-6-9)12-4-1-5-15(11)13-17(16)14-15;4-2-1-3-8(5)6-10(9)7-8;4-2-1-3-8(5,6)7;;;1-4(2)3;1-2/h12-17,19,21-22H,6-11H2,1-5H3;9-15,17-19H,6-8H2,1-5H3;1-6H;2-3,6H,1,4-5H2;4H,1-3H2;4H,1-3H2,(H2,5,6,7);2*1H;(H2,1,2,3);/q2*+1;;;;;;;;/p-2. The summed E-state index contributed by atoms with van der Waals surface area (Å²) in [7, 11) is -2.76. The number of aromatic nitrogens is 6. The van der Waals surface area contributed by atoms with Gasteiger partial charge in [-0.15, -0.1) is 0 Å². The van der Waals surface area contributed by atoms with Crippen molar-refractivity contribution in [2.45, 2.75) is 101 Å². The number of nitrogens with one attached hydrogen (secondary N) is 2. The lowest BCUT2D eigenvalue weighted by molar-refractivity contribution is -0.873. The number of likely N-dealkylation sites (N-methyl/N-ethyl adjacent to an activating group) is 2. The highest BCUT2D eigenvalue weighted by molar-refractivity contribution is 8.29. The van der Waals surface area contributed by atoms with Crippen LogP contribution in [0.15, 0.2) is 56.2 Å².